The van der Waals surface area contributed by atoms with Crippen molar-refractivity contribution in [1.29, 1.82) is 10.5 Å². The van der Waals surface area contributed by atoms with Crippen molar-refractivity contribution in [1.82, 2.24) is 14.6 Å². The number of nitrogens with two attached hydrogens (primary N) is 1. The molecule has 0 saturated heterocycles. The molecule has 0 radical (unpaired) electrons. The number of nitrogens with one attached hydrogen (secondary N) is 1. The lowest BCUT2D eigenvalue weighted by Gasteiger charge is -2.08. The molecule has 0 fully saturated rings. The van der Waals surface area contributed by atoms with Gasteiger partial charge in [-0.2, -0.15) is 10.5 Å². The number of nitrogen functional groups attached to an aromatic ring is 1. The normalized spacial score (nSPS) is 10.3. The number of nitrogens with zero attached hydrogens (tertiary/aromatic N) is 5. The molecule has 0 atom stereocenters. The van der Waals surface area contributed by atoms with E-state index >= 15 is 0 Å². The summed E-state index contributed by atoms with van der Waals surface area (Å²) >= 11 is 0. The molecule has 4 aromatic rings. The van der Waals surface area contributed by atoms with Crippen LogP contribution in [-0.4, -0.2) is 20.5 Å². The fourth-order valence-electron chi connectivity index (χ4n) is 3.00. The van der Waals surface area contributed by atoms with E-state index in [2.05, 4.69) is 15.4 Å². The number of amides is 1. The van der Waals surface area contributed by atoms with Gasteiger partial charge in [-0.15, -0.1) is 5.10 Å². The maximum atomic E-state index is 12.5. The van der Waals surface area contributed by atoms with E-state index in [9.17, 15) is 15.3 Å². The summed E-state index contributed by atoms with van der Waals surface area (Å²) in [5.41, 5.74) is 7.83. The summed E-state index contributed by atoms with van der Waals surface area (Å²) in [6.07, 6.45) is 0. The standard InChI is InChI=1S/C21H13N7O/c22-11-15-17(13-7-3-1-4-8-13)28-20(25-18(15)24)16(12-23)19(27-28)26-21(29)14-9-5-2-6-10-14/h1-10H,(H2,24,25)(H,26,27,29). The number of nitriles is 2. The summed E-state index contributed by atoms with van der Waals surface area (Å²) < 4.78 is 1.36. The molecule has 0 saturated carbocycles. The van der Waals surface area contributed by atoms with Crippen molar-refractivity contribution in [2.75, 3.05) is 11.1 Å². The van der Waals surface area contributed by atoms with Crippen LogP contribution in [0, 0.1) is 22.7 Å². The second kappa shape index (κ2) is 7.14. The van der Waals surface area contributed by atoms with E-state index in [4.69, 9.17) is 5.73 Å². The molecule has 2 aromatic heterocycles. The molecule has 4 rings (SSSR count). The quantitative estimate of drug-likeness (QED) is 0.562. The Morgan fingerprint density at radius 2 is 1.59 bits per heavy atom. The van der Waals surface area contributed by atoms with E-state index < -0.39 is 5.91 Å². The van der Waals surface area contributed by atoms with Crippen molar-refractivity contribution >= 4 is 23.2 Å². The lowest BCUT2D eigenvalue weighted by atomic mass is 10.1. The first-order chi connectivity index (χ1) is 14.1. The number of carbonyl (C=O) groups is 1. The van der Waals surface area contributed by atoms with E-state index in [0.717, 1.165) is 0 Å². The van der Waals surface area contributed by atoms with Gasteiger partial charge >= 0.3 is 0 Å². The van der Waals surface area contributed by atoms with Crippen LogP contribution in [0.2, 0.25) is 0 Å². The Balaban J connectivity index is 1.94. The van der Waals surface area contributed by atoms with Gasteiger partial charge < -0.3 is 11.1 Å². The summed E-state index contributed by atoms with van der Waals surface area (Å²) in [4.78, 5) is 16.7. The maximum Gasteiger partial charge on any atom is 0.256 e. The van der Waals surface area contributed by atoms with Crippen LogP contribution in [0.15, 0.2) is 60.7 Å². The number of aromatic nitrogens is 3. The van der Waals surface area contributed by atoms with E-state index in [1.165, 1.54) is 4.52 Å². The van der Waals surface area contributed by atoms with Crippen LogP contribution in [0.5, 0.6) is 0 Å². The van der Waals surface area contributed by atoms with Crippen molar-refractivity contribution in [2.24, 2.45) is 0 Å². The minimum Gasteiger partial charge on any atom is -0.382 e. The Kier molecular flexibility index (Phi) is 4.36. The van der Waals surface area contributed by atoms with E-state index in [0.29, 0.717) is 16.8 Å². The first-order valence-electron chi connectivity index (χ1n) is 8.58. The number of benzene rings is 2. The number of anilines is 2. The molecule has 3 N–H and O–H groups in total. The van der Waals surface area contributed by atoms with Crippen LogP contribution < -0.4 is 11.1 Å². The highest BCUT2D eigenvalue weighted by molar-refractivity contribution is 6.04. The van der Waals surface area contributed by atoms with Gasteiger partial charge in [-0.1, -0.05) is 48.5 Å². The number of hydrogen-bond donors (Lipinski definition) is 2. The van der Waals surface area contributed by atoms with Crippen molar-refractivity contribution in [3.63, 3.8) is 0 Å². The Bertz CT molecular complexity index is 1310. The topological polar surface area (TPSA) is 133 Å². The Morgan fingerprint density at radius 3 is 2.21 bits per heavy atom. The summed E-state index contributed by atoms with van der Waals surface area (Å²) in [6.45, 7) is 0. The van der Waals surface area contributed by atoms with Crippen molar-refractivity contribution in [3.05, 3.63) is 77.4 Å². The number of hydrogen-bond acceptors (Lipinski definition) is 6. The first kappa shape index (κ1) is 17.7. The minimum absolute atomic E-state index is 0.0174. The SMILES string of the molecule is N#Cc1c(N)nc2c(C#N)c(NC(=O)c3ccccc3)nn2c1-c1ccccc1. The molecule has 1 amide bonds. The zero-order chi connectivity index (χ0) is 20.4. The second-order valence-corrected chi connectivity index (χ2v) is 6.09. The van der Waals surface area contributed by atoms with Gasteiger partial charge in [0.25, 0.3) is 5.91 Å². The van der Waals surface area contributed by atoms with Crippen molar-refractivity contribution < 1.29 is 4.79 Å². The average molecular weight is 379 g/mol. The molecule has 2 aromatic carbocycles. The third-order valence-electron chi connectivity index (χ3n) is 4.33. The summed E-state index contributed by atoms with van der Waals surface area (Å²) in [5.74, 6) is -0.392. The first-order valence-corrected chi connectivity index (χ1v) is 8.58. The van der Waals surface area contributed by atoms with E-state index in [1.54, 1.807) is 42.5 Å². The smallest absolute Gasteiger partial charge is 0.256 e. The fraction of sp³-hybridized carbons (Fsp3) is 0. The summed E-state index contributed by atoms with van der Waals surface area (Å²) in [7, 11) is 0. The van der Waals surface area contributed by atoms with Gasteiger partial charge in [0.15, 0.2) is 11.5 Å². The molecule has 0 aliphatic carbocycles. The van der Waals surface area contributed by atoms with Crippen LogP contribution in [-0.2, 0) is 0 Å². The number of rotatable bonds is 3. The van der Waals surface area contributed by atoms with Crippen LogP contribution in [0.4, 0.5) is 11.6 Å². The minimum atomic E-state index is -0.416. The fourth-order valence-corrected chi connectivity index (χ4v) is 3.00. The Hall–Kier alpha value is -4.69. The predicted octanol–water partition coefficient (Wildman–Crippen LogP) is 2.97. The lowest BCUT2D eigenvalue weighted by Crippen LogP contribution is -2.13. The zero-order valence-corrected chi connectivity index (χ0v) is 15.0. The number of carbonyl (C=O) groups excluding carboxylic acids is 1. The van der Waals surface area contributed by atoms with Gasteiger partial charge in [0.2, 0.25) is 0 Å². The summed E-state index contributed by atoms with van der Waals surface area (Å²) in [6, 6.07) is 21.7. The third kappa shape index (κ3) is 3.01. The monoisotopic (exact) mass is 379 g/mol. The van der Waals surface area contributed by atoms with Gasteiger partial charge in [-0.05, 0) is 12.1 Å². The van der Waals surface area contributed by atoms with Crippen LogP contribution in [0.3, 0.4) is 0 Å². The Labute approximate surface area is 165 Å². The highest BCUT2D eigenvalue weighted by Gasteiger charge is 2.23. The molecule has 0 aliphatic rings. The molecule has 138 valence electrons. The van der Waals surface area contributed by atoms with Crippen LogP contribution in [0.1, 0.15) is 21.5 Å². The largest absolute Gasteiger partial charge is 0.382 e. The molecule has 2 heterocycles. The van der Waals surface area contributed by atoms with Crippen LogP contribution >= 0.6 is 0 Å². The third-order valence-corrected chi connectivity index (χ3v) is 4.33. The lowest BCUT2D eigenvalue weighted by molar-refractivity contribution is 0.102. The zero-order valence-electron chi connectivity index (χ0n) is 15.0. The van der Waals surface area contributed by atoms with Crippen molar-refractivity contribution in [3.8, 4) is 23.4 Å². The van der Waals surface area contributed by atoms with E-state index in [-0.39, 0.29) is 28.4 Å². The predicted molar refractivity (Wildman–Crippen MR) is 107 cm³/mol. The highest BCUT2D eigenvalue weighted by atomic mass is 16.1. The van der Waals surface area contributed by atoms with Gasteiger partial charge in [0.1, 0.15) is 29.1 Å². The molecule has 0 aliphatic heterocycles. The Morgan fingerprint density at radius 1 is 0.966 bits per heavy atom. The second-order valence-electron chi connectivity index (χ2n) is 6.09. The molecular weight excluding hydrogens is 366 g/mol. The molecule has 8 heteroatoms. The van der Waals surface area contributed by atoms with Gasteiger partial charge in [-0.25, -0.2) is 9.50 Å². The van der Waals surface area contributed by atoms with Crippen LogP contribution in [0.25, 0.3) is 16.9 Å². The van der Waals surface area contributed by atoms with Gasteiger partial charge in [-0.3, -0.25) is 4.79 Å². The average Bonchev–Trinajstić information content (AvgIpc) is 3.10. The van der Waals surface area contributed by atoms with Gasteiger partial charge in [0.05, 0.1) is 5.69 Å². The molecular formula is C21H13N7O. The molecule has 0 bridgehead atoms. The summed E-state index contributed by atoms with van der Waals surface area (Å²) in [5, 5.41) is 26.3. The highest BCUT2D eigenvalue weighted by Crippen LogP contribution is 2.30. The molecule has 8 nitrogen and oxygen atoms in total. The van der Waals surface area contributed by atoms with Crippen molar-refractivity contribution in [2.45, 2.75) is 0 Å². The molecule has 0 spiro atoms. The number of fused-ring (bicyclic) bond motifs is 1. The van der Waals surface area contributed by atoms with E-state index in [1.807, 2.05) is 30.3 Å². The molecule has 0 unspecified atom stereocenters. The van der Waals surface area contributed by atoms with Gasteiger partial charge in [0, 0.05) is 11.1 Å². The maximum absolute atomic E-state index is 12.5. The molecule has 29 heavy (non-hydrogen) atoms.